The van der Waals surface area contributed by atoms with E-state index in [4.69, 9.17) is 17.3 Å². The third kappa shape index (κ3) is 3.53. The van der Waals surface area contributed by atoms with Gasteiger partial charge in [0.1, 0.15) is 6.04 Å². The zero-order valence-electron chi connectivity index (χ0n) is 11.2. The molecular weight excluding hydrogens is 262 g/mol. The number of rotatable bonds is 3. The first-order valence-corrected chi connectivity index (χ1v) is 7.06. The number of amides is 1. The standard InChI is InChI=1S/C14H20ClN3O/c1-10(14(19)18-7-3-2-4-8-18)17-13-6-5-11(15)9-12(13)16/h5-6,9-10,17H,2-4,7-8,16H2,1H3. The number of anilines is 2. The van der Waals surface area contributed by atoms with Gasteiger partial charge in [-0.25, -0.2) is 0 Å². The fourth-order valence-electron chi connectivity index (χ4n) is 2.35. The molecule has 1 aromatic rings. The molecule has 3 N–H and O–H groups in total. The van der Waals surface area contributed by atoms with E-state index >= 15 is 0 Å². The summed E-state index contributed by atoms with van der Waals surface area (Å²) in [5, 5.41) is 3.76. The minimum Gasteiger partial charge on any atom is -0.397 e. The largest absolute Gasteiger partial charge is 0.397 e. The number of nitrogens with zero attached hydrogens (tertiary/aromatic N) is 1. The molecule has 1 aliphatic heterocycles. The van der Waals surface area contributed by atoms with Gasteiger partial charge in [0.2, 0.25) is 5.91 Å². The number of halogens is 1. The summed E-state index contributed by atoms with van der Waals surface area (Å²) < 4.78 is 0. The van der Waals surface area contributed by atoms with E-state index < -0.39 is 0 Å². The van der Waals surface area contributed by atoms with E-state index in [1.54, 1.807) is 18.2 Å². The van der Waals surface area contributed by atoms with Crippen molar-refractivity contribution in [1.82, 2.24) is 4.90 Å². The number of nitrogens with one attached hydrogen (secondary N) is 1. The summed E-state index contributed by atoms with van der Waals surface area (Å²) in [4.78, 5) is 14.2. The average molecular weight is 282 g/mol. The third-order valence-corrected chi connectivity index (χ3v) is 3.66. The first-order valence-electron chi connectivity index (χ1n) is 6.68. The Balaban J connectivity index is 1.99. The van der Waals surface area contributed by atoms with Crippen LogP contribution in [0.1, 0.15) is 26.2 Å². The van der Waals surface area contributed by atoms with Crippen LogP contribution in [0.5, 0.6) is 0 Å². The molecule has 1 amide bonds. The van der Waals surface area contributed by atoms with Gasteiger partial charge in [-0.05, 0) is 44.4 Å². The van der Waals surface area contributed by atoms with Gasteiger partial charge in [0.05, 0.1) is 11.4 Å². The lowest BCUT2D eigenvalue weighted by Gasteiger charge is -2.30. The number of hydrogen-bond donors (Lipinski definition) is 2. The van der Waals surface area contributed by atoms with Crippen molar-refractivity contribution in [2.75, 3.05) is 24.1 Å². The number of benzene rings is 1. The second-order valence-electron chi connectivity index (χ2n) is 4.98. The average Bonchev–Trinajstić information content (AvgIpc) is 2.42. The Labute approximate surface area is 118 Å². The summed E-state index contributed by atoms with van der Waals surface area (Å²) in [6.07, 6.45) is 3.42. The molecule has 0 aromatic heterocycles. The lowest BCUT2D eigenvalue weighted by atomic mass is 10.1. The molecule has 0 spiro atoms. The first kappa shape index (κ1) is 14.0. The molecule has 1 aliphatic rings. The fraction of sp³-hybridized carbons (Fsp3) is 0.500. The summed E-state index contributed by atoms with van der Waals surface area (Å²) in [6, 6.07) is 4.97. The summed E-state index contributed by atoms with van der Waals surface area (Å²) >= 11 is 5.85. The molecule has 1 heterocycles. The van der Waals surface area contributed by atoms with Gasteiger partial charge in [0.25, 0.3) is 0 Å². The Hall–Kier alpha value is -1.42. The Morgan fingerprint density at radius 3 is 2.68 bits per heavy atom. The fourth-order valence-corrected chi connectivity index (χ4v) is 2.53. The van der Waals surface area contributed by atoms with Crippen LogP contribution in [0.25, 0.3) is 0 Å². The van der Waals surface area contributed by atoms with Crippen molar-refractivity contribution in [3.05, 3.63) is 23.2 Å². The maximum atomic E-state index is 12.3. The monoisotopic (exact) mass is 281 g/mol. The van der Waals surface area contributed by atoms with Crippen molar-refractivity contribution in [2.45, 2.75) is 32.2 Å². The van der Waals surface area contributed by atoms with Crippen molar-refractivity contribution in [3.63, 3.8) is 0 Å². The van der Waals surface area contributed by atoms with Crippen molar-refractivity contribution in [1.29, 1.82) is 0 Å². The van der Waals surface area contributed by atoms with Crippen molar-refractivity contribution in [2.24, 2.45) is 0 Å². The first-order chi connectivity index (χ1) is 9.08. The van der Waals surface area contributed by atoms with Crippen LogP contribution in [0.3, 0.4) is 0 Å². The molecule has 104 valence electrons. The third-order valence-electron chi connectivity index (χ3n) is 3.42. The zero-order valence-corrected chi connectivity index (χ0v) is 11.9. The number of piperidine rings is 1. The molecule has 4 nitrogen and oxygen atoms in total. The van der Waals surface area contributed by atoms with Gasteiger partial charge in [0.15, 0.2) is 0 Å². The molecule has 1 saturated heterocycles. The van der Waals surface area contributed by atoms with Crippen LogP contribution in [0, 0.1) is 0 Å². The van der Waals surface area contributed by atoms with Crippen LogP contribution in [0.4, 0.5) is 11.4 Å². The molecular formula is C14H20ClN3O. The SMILES string of the molecule is CC(Nc1ccc(Cl)cc1N)C(=O)N1CCCCC1. The topological polar surface area (TPSA) is 58.4 Å². The highest BCUT2D eigenvalue weighted by Gasteiger charge is 2.22. The summed E-state index contributed by atoms with van der Waals surface area (Å²) in [6.45, 7) is 3.59. The minimum absolute atomic E-state index is 0.133. The maximum absolute atomic E-state index is 12.3. The van der Waals surface area contributed by atoms with Gasteiger partial charge in [-0.1, -0.05) is 11.6 Å². The molecule has 0 radical (unpaired) electrons. The second-order valence-corrected chi connectivity index (χ2v) is 5.42. The Morgan fingerprint density at radius 2 is 2.05 bits per heavy atom. The van der Waals surface area contributed by atoms with Crippen LogP contribution in [0.2, 0.25) is 5.02 Å². The lowest BCUT2D eigenvalue weighted by molar-refractivity contribution is -0.132. The summed E-state index contributed by atoms with van der Waals surface area (Å²) in [5.41, 5.74) is 7.19. The van der Waals surface area contributed by atoms with Gasteiger partial charge < -0.3 is 16.0 Å². The second kappa shape index (κ2) is 6.15. The number of carbonyl (C=O) groups is 1. The molecule has 0 bridgehead atoms. The highest BCUT2D eigenvalue weighted by atomic mass is 35.5. The van der Waals surface area contributed by atoms with E-state index in [2.05, 4.69) is 5.32 Å². The van der Waals surface area contributed by atoms with Gasteiger partial charge in [-0.2, -0.15) is 0 Å². The predicted octanol–water partition coefficient (Wildman–Crippen LogP) is 2.74. The molecule has 1 unspecified atom stereocenters. The van der Waals surface area contributed by atoms with Crippen LogP contribution < -0.4 is 11.1 Å². The molecule has 5 heteroatoms. The van der Waals surface area contributed by atoms with Crippen molar-refractivity contribution >= 4 is 28.9 Å². The van der Waals surface area contributed by atoms with E-state index in [9.17, 15) is 4.79 Å². The quantitative estimate of drug-likeness (QED) is 0.838. The number of hydrogen-bond acceptors (Lipinski definition) is 3. The number of nitrogen functional groups attached to an aromatic ring is 1. The molecule has 0 aliphatic carbocycles. The Bertz CT molecular complexity index is 458. The zero-order chi connectivity index (χ0) is 13.8. The lowest BCUT2D eigenvalue weighted by Crippen LogP contribution is -2.43. The van der Waals surface area contributed by atoms with Crippen LogP contribution in [-0.4, -0.2) is 29.9 Å². The van der Waals surface area contributed by atoms with Gasteiger partial charge in [-0.15, -0.1) is 0 Å². The predicted molar refractivity (Wildman–Crippen MR) is 79.4 cm³/mol. The smallest absolute Gasteiger partial charge is 0.244 e. The highest BCUT2D eigenvalue weighted by Crippen LogP contribution is 2.23. The van der Waals surface area contributed by atoms with Crippen LogP contribution in [-0.2, 0) is 4.79 Å². The minimum atomic E-state index is -0.276. The molecule has 0 saturated carbocycles. The van der Waals surface area contributed by atoms with Gasteiger partial charge >= 0.3 is 0 Å². The van der Waals surface area contributed by atoms with Crippen LogP contribution >= 0.6 is 11.6 Å². The van der Waals surface area contributed by atoms with E-state index in [0.717, 1.165) is 31.6 Å². The van der Waals surface area contributed by atoms with E-state index in [1.165, 1.54) is 6.42 Å². The Kier molecular flexibility index (Phi) is 4.53. The normalized spacial score (nSPS) is 17.1. The van der Waals surface area contributed by atoms with Gasteiger partial charge in [-0.3, -0.25) is 4.79 Å². The van der Waals surface area contributed by atoms with Crippen molar-refractivity contribution < 1.29 is 4.79 Å². The number of likely N-dealkylation sites (tertiary alicyclic amines) is 1. The molecule has 1 aromatic carbocycles. The van der Waals surface area contributed by atoms with Crippen molar-refractivity contribution in [3.8, 4) is 0 Å². The van der Waals surface area contributed by atoms with E-state index in [1.807, 2.05) is 11.8 Å². The van der Waals surface area contributed by atoms with Crippen LogP contribution in [0.15, 0.2) is 18.2 Å². The summed E-state index contributed by atoms with van der Waals surface area (Å²) in [5.74, 6) is 0.133. The molecule has 19 heavy (non-hydrogen) atoms. The van der Waals surface area contributed by atoms with Gasteiger partial charge in [0, 0.05) is 18.1 Å². The number of carbonyl (C=O) groups excluding carboxylic acids is 1. The number of nitrogens with two attached hydrogens (primary N) is 1. The molecule has 1 fully saturated rings. The molecule has 1 atom stereocenters. The molecule has 2 rings (SSSR count). The Morgan fingerprint density at radius 1 is 1.37 bits per heavy atom. The highest BCUT2D eigenvalue weighted by molar-refractivity contribution is 6.31. The maximum Gasteiger partial charge on any atom is 0.244 e. The summed E-state index contributed by atoms with van der Waals surface area (Å²) in [7, 11) is 0. The van der Waals surface area contributed by atoms with E-state index in [0.29, 0.717) is 10.7 Å². The van der Waals surface area contributed by atoms with E-state index in [-0.39, 0.29) is 11.9 Å².